The molecule has 144 valence electrons. The lowest BCUT2D eigenvalue weighted by Gasteiger charge is -2.37. The number of allylic oxidation sites excluding steroid dienone is 1. The number of methoxy groups -OCH3 is 2. The average molecular weight is 393 g/mol. The van der Waals surface area contributed by atoms with Crippen molar-refractivity contribution in [1.82, 2.24) is 5.32 Å². The third-order valence-corrected chi connectivity index (χ3v) is 5.69. The molecule has 1 aliphatic carbocycles. The van der Waals surface area contributed by atoms with Gasteiger partial charge < -0.3 is 14.8 Å². The molecule has 0 radical (unpaired) electrons. The van der Waals surface area contributed by atoms with Crippen LogP contribution in [-0.4, -0.2) is 25.0 Å². The van der Waals surface area contributed by atoms with Crippen molar-refractivity contribution in [2.24, 2.45) is 10.9 Å². The van der Waals surface area contributed by atoms with Crippen LogP contribution in [0.3, 0.4) is 0 Å². The molecular weight excluding hydrogens is 368 g/mol. The van der Waals surface area contributed by atoms with Crippen molar-refractivity contribution in [3.05, 3.63) is 65.2 Å². The third kappa shape index (κ3) is 3.80. The van der Waals surface area contributed by atoms with E-state index >= 15 is 0 Å². The van der Waals surface area contributed by atoms with Crippen LogP contribution in [0.5, 0.6) is 11.5 Å². The topological polar surface area (TPSA) is 42.8 Å². The molecule has 5 heteroatoms. The van der Waals surface area contributed by atoms with E-state index in [0.717, 1.165) is 42.0 Å². The van der Waals surface area contributed by atoms with Crippen molar-refractivity contribution >= 4 is 29.1 Å². The first-order valence-electron chi connectivity index (χ1n) is 9.56. The van der Waals surface area contributed by atoms with Gasteiger partial charge in [-0.3, -0.25) is 0 Å². The van der Waals surface area contributed by atoms with Gasteiger partial charge in [0.05, 0.1) is 26.0 Å². The second kappa shape index (κ2) is 8.15. The molecule has 1 heterocycles. The van der Waals surface area contributed by atoms with E-state index in [1.807, 2.05) is 24.3 Å². The quantitative estimate of drug-likeness (QED) is 0.747. The minimum Gasteiger partial charge on any atom is -0.497 e. The summed E-state index contributed by atoms with van der Waals surface area (Å²) in [6.45, 7) is 0. The Morgan fingerprint density at radius 1 is 1.00 bits per heavy atom. The maximum atomic E-state index is 5.48. The summed E-state index contributed by atoms with van der Waals surface area (Å²) in [7, 11) is 3.37. The molecule has 0 spiro atoms. The van der Waals surface area contributed by atoms with Gasteiger partial charge in [-0.2, -0.15) is 0 Å². The van der Waals surface area contributed by atoms with Gasteiger partial charge in [0.15, 0.2) is 5.11 Å². The zero-order valence-electron chi connectivity index (χ0n) is 16.1. The molecule has 1 fully saturated rings. The second-order valence-electron chi connectivity index (χ2n) is 7.14. The Bertz CT molecular complexity index is 917. The summed E-state index contributed by atoms with van der Waals surface area (Å²) < 4.78 is 10.6. The summed E-state index contributed by atoms with van der Waals surface area (Å²) >= 11 is 5.48. The number of hydrogen-bond donors (Lipinski definition) is 1. The van der Waals surface area contributed by atoms with E-state index in [-0.39, 0.29) is 6.04 Å². The molecule has 0 bridgehead atoms. The lowest BCUT2D eigenvalue weighted by atomic mass is 9.76. The highest BCUT2D eigenvalue weighted by Crippen LogP contribution is 2.38. The number of ether oxygens (including phenoxy) is 2. The largest absolute Gasteiger partial charge is 0.497 e. The SMILES string of the molecule is COc1ccc(/C=C2/CCC[C@@H]3C2=NC(=S)N[C@@H]3c2ccc(OC)cc2)cc1. The van der Waals surface area contributed by atoms with Gasteiger partial charge in [-0.25, -0.2) is 4.99 Å². The fourth-order valence-corrected chi connectivity index (χ4v) is 4.27. The monoisotopic (exact) mass is 392 g/mol. The second-order valence-corrected chi connectivity index (χ2v) is 7.53. The molecule has 2 atom stereocenters. The van der Waals surface area contributed by atoms with Gasteiger partial charge >= 0.3 is 0 Å². The van der Waals surface area contributed by atoms with Crippen molar-refractivity contribution in [2.45, 2.75) is 25.3 Å². The van der Waals surface area contributed by atoms with Crippen LogP contribution in [-0.2, 0) is 0 Å². The highest BCUT2D eigenvalue weighted by atomic mass is 32.1. The van der Waals surface area contributed by atoms with E-state index in [4.69, 9.17) is 26.7 Å². The van der Waals surface area contributed by atoms with E-state index in [1.54, 1.807) is 14.2 Å². The molecule has 1 N–H and O–H groups in total. The number of nitrogens with one attached hydrogen (secondary N) is 1. The van der Waals surface area contributed by atoms with Crippen LogP contribution in [0.4, 0.5) is 0 Å². The fraction of sp³-hybridized carbons (Fsp3) is 0.304. The predicted octanol–water partition coefficient (Wildman–Crippen LogP) is 4.96. The maximum Gasteiger partial charge on any atom is 0.193 e. The Kier molecular flexibility index (Phi) is 5.44. The lowest BCUT2D eigenvalue weighted by Crippen LogP contribution is -2.42. The van der Waals surface area contributed by atoms with Crippen LogP contribution >= 0.6 is 12.2 Å². The average Bonchev–Trinajstić information content (AvgIpc) is 2.74. The third-order valence-electron chi connectivity index (χ3n) is 5.48. The zero-order chi connectivity index (χ0) is 19.5. The van der Waals surface area contributed by atoms with Crippen LogP contribution in [0, 0.1) is 5.92 Å². The van der Waals surface area contributed by atoms with Crippen LogP contribution < -0.4 is 14.8 Å². The molecule has 0 saturated heterocycles. The number of aliphatic imine (C=N–C) groups is 1. The minimum atomic E-state index is 0.144. The molecule has 2 aromatic rings. The molecule has 28 heavy (non-hydrogen) atoms. The fourth-order valence-electron chi connectivity index (χ4n) is 4.04. The van der Waals surface area contributed by atoms with E-state index in [1.165, 1.54) is 11.1 Å². The standard InChI is InChI=1S/C23H24N2O2S/c1-26-18-10-6-15(7-11-18)14-17-4-3-5-20-21(24-23(28)25-22(17)20)16-8-12-19(27-2)13-9-16/h6-14,20-21H,3-5H2,1-2H3,(H,24,28)/b17-14-/t20-,21+/m0/s1. The van der Waals surface area contributed by atoms with Gasteiger partial charge in [-0.05, 0) is 78.5 Å². The summed E-state index contributed by atoms with van der Waals surface area (Å²) in [4.78, 5) is 4.74. The van der Waals surface area contributed by atoms with Crippen molar-refractivity contribution in [3.8, 4) is 11.5 Å². The molecular formula is C23H24N2O2S. The molecule has 0 aromatic heterocycles. The molecule has 1 saturated carbocycles. The normalized spacial score (nSPS) is 22.9. The van der Waals surface area contributed by atoms with Crippen molar-refractivity contribution in [3.63, 3.8) is 0 Å². The summed E-state index contributed by atoms with van der Waals surface area (Å²) in [6, 6.07) is 16.5. The molecule has 2 aliphatic rings. The highest BCUT2D eigenvalue weighted by molar-refractivity contribution is 7.80. The van der Waals surface area contributed by atoms with Gasteiger partial charge in [-0.1, -0.05) is 24.3 Å². The van der Waals surface area contributed by atoms with Crippen LogP contribution in [0.15, 0.2) is 59.1 Å². The van der Waals surface area contributed by atoms with Crippen LogP contribution in [0.2, 0.25) is 0 Å². The maximum absolute atomic E-state index is 5.48. The van der Waals surface area contributed by atoms with Gasteiger partial charge in [-0.15, -0.1) is 0 Å². The zero-order valence-corrected chi connectivity index (χ0v) is 17.0. The Balaban J connectivity index is 1.65. The summed E-state index contributed by atoms with van der Waals surface area (Å²) in [5.41, 5.74) is 4.78. The van der Waals surface area contributed by atoms with Gasteiger partial charge in [0.1, 0.15) is 11.5 Å². The summed E-state index contributed by atoms with van der Waals surface area (Å²) in [6.07, 6.45) is 5.51. The number of nitrogens with zero attached hydrogens (tertiary/aromatic N) is 1. The molecule has 4 rings (SSSR count). The van der Waals surface area contributed by atoms with Crippen molar-refractivity contribution in [2.75, 3.05) is 14.2 Å². The van der Waals surface area contributed by atoms with Crippen LogP contribution in [0.1, 0.15) is 36.4 Å². The Morgan fingerprint density at radius 2 is 1.64 bits per heavy atom. The number of rotatable bonds is 4. The van der Waals surface area contributed by atoms with E-state index in [9.17, 15) is 0 Å². The van der Waals surface area contributed by atoms with Gasteiger partial charge in [0.25, 0.3) is 0 Å². The first-order valence-corrected chi connectivity index (χ1v) is 9.97. The molecule has 1 aliphatic heterocycles. The Hall–Kier alpha value is -2.66. The predicted molar refractivity (Wildman–Crippen MR) is 117 cm³/mol. The van der Waals surface area contributed by atoms with E-state index in [2.05, 4.69) is 35.7 Å². The summed E-state index contributed by atoms with van der Waals surface area (Å²) in [5, 5.41) is 3.99. The van der Waals surface area contributed by atoms with Crippen molar-refractivity contribution in [1.29, 1.82) is 0 Å². The van der Waals surface area contributed by atoms with E-state index < -0.39 is 0 Å². The number of fused-ring (bicyclic) bond motifs is 1. The highest BCUT2D eigenvalue weighted by Gasteiger charge is 2.36. The molecule has 0 amide bonds. The summed E-state index contributed by atoms with van der Waals surface area (Å²) in [5.74, 6) is 2.04. The first-order chi connectivity index (χ1) is 13.7. The number of benzene rings is 2. The minimum absolute atomic E-state index is 0.144. The van der Waals surface area contributed by atoms with Gasteiger partial charge in [0.2, 0.25) is 0 Å². The molecule has 2 aromatic carbocycles. The molecule has 4 nitrogen and oxygen atoms in total. The van der Waals surface area contributed by atoms with E-state index in [0.29, 0.717) is 11.0 Å². The Labute approximate surface area is 171 Å². The number of hydrogen-bond acceptors (Lipinski definition) is 3. The Morgan fingerprint density at radius 3 is 2.29 bits per heavy atom. The van der Waals surface area contributed by atoms with Gasteiger partial charge in [0, 0.05) is 5.92 Å². The lowest BCUT2D eigenvalue weighted by molar-refractivity contribution is 0.412. The smallest absolute Gasteiger partial charge is 0.193 e. The van der Waals surface area contributed by atoms with Crippen molar-refractivity contribution < 1.29 is 9.47 Å². The molecule has 0 unspecified atom stereocenters. The van der Waals surface area contributed by atoms with Crippen LogP contribution in [0.25, 0.3) is 6.08 Å². The number of thiocarbonyl (C=S) groups is 1. The first kappa shape index (κ1) is 18.7.